The molecule has 1 aromatic rings. The van der Waals surface area contributed by atoms with Gasteiger partial charge in [-0.15, -0.1) is 0 Å². The maximum Gasteiger partial charge on any atom is 0.408 e. The molecule has 152 valence electrons. The van der Waals surface area contributed by atoms with Crippen molar-refractivity contribution >= 4 is 12.1 Å². The van der Waals surface area contributed by atoms with E-state index in [-0.39, 0.29) is 6.42 Å². The quantitative estimate of drug-likeness (QED) is 0.685. The Morgan fingerprint density at radius 3 is 2.44 bits per heavy atom. The molecule has 0 saturated carbocycles. The molecule has 1 unspecified atom stereocenters. The second-order valence-electron chi connectivity index (χ2n) is 7.77. The molecule has 1 rings (SSSR count). The van der Waals surface area contributed by atoms with Gasteiger partial charge < -0.3 is 24.8 Å². The molecule has 0 saturated heterocycles. The lowest BCUT2D eigenvalue weighted by molar-refractivity contribution is -0.139. The van der Waals surface area contributed by atoms with Crippen molar-refractivity contribution < 1.29 is 24.2 Å². The van der Waals surface area contributed by atoms with Crippen LogP contribution in [0.1, 0.15) is 45.2 Å². The largest absolute Gasteiger partial charge is 0.493 e. The molecule has 0 aliphatic carbocycles. The molecule has 2 N–H and O–H groups in total. The van der Waals surface area contributed by atoms with Crippen LogP contribution in [0.25, 0.3) is 0 Å². The molecule has 1 atom stereocenters. The summed E-state index contributed by atoms with van der Waals surface area (Å²) in [5.41, 5.74) is 1.09. The Morgan fingerprint density at radius 2 is 1.93 bits per heavy atom. The highest BCUT2D eigenvalue weighted by atomic mass is 16.6. The van der Waals surface area contributed by atoms with Gasteiger partial charge in [0.25, 0.3) is 0 Å². The standard InChI is InChI=1S/C20H32N2O5/c1-7-10-26-17-9-8-14(11-15(17)13-22(5)6)12-16(18(23)24)21-19(25)27-20(2,3)4/h8-9,11,16H,7,10,12-13H2,1-6H3,(H,21,25)(H,23,24). The van der Waals surface area contributed by atoms with Crippen LogP contribution in [-0.2, 0) is 22.5 Å². The number of carbonyl (C=O) groups is 2. The van der Waals surface area contributed by atoms with Crippen molar-refractivity contribution in [2.75, 3.05) is 20.7 Å². The summed E-state index contributed by atoms with van der Waals surface area (Å²) in [6, 6.07) is 4.54. The molecule has 0 aromatic heterocycles. The van der Waals surface area contributed by atoms with Crippen molar-refractivity contribution in [3.05, 3.63) is 29.3 Å². The fraction of sp³-hybridized carbons (Fsp3) is 0.600. The summed E-state index contributed by atoms with van der Waals surface area (Å²) in [5, 5.41) is 11.9. The Bertz CT molecular complexity index is 638. The maximum atomic E-state index is 11.9. The molecular weight excluding hydrogens is 348 g/mol. The number of carboxylic acids is 1. The van der Waals surface area contributed by atoms with E-state index in [0.717, 1.165) is 23.3 Å². The number of amides is 1. The predicted molar refractivity (Wildman–Crippen MR) is 104 cm³/mol. The zero-order chi connectivity index (χ0) is 20.6. The van der Waals surface area contributed by atoms with Crippen molar-refractivity contribution in [3.63, 3.8) is 0 Å². The van der Waals surface area contributed by atoms with Gasteiger partial charge in [0.05, 0.1) is 6.61 Å². The van der Waals surface area contributed by atoms with Gasteiger partial charge in [-0.25, -0.2) is 9.59 Å². The van der Waals surface area contributed by atoms with E-state index in [1.54, 1.807) is 20.8 Å². The van der Waals surface area contributed by atoms with E-state index in [1.165, 1.54) is 0 Å². The number of rotatable bonds is 9. The fourth-order valence-electron chi connectivity index (χ4n) is 2.46. The third-order valence-corrected chi connectivity index (χ3v) is 3.50. The Labute approximate surface area is 161 Å². The van der Waals surface area contributed by atoms with Gasteiger partial charge in [0.1, 0.15) is 17.4 Å². The number of alkyl carbamates (subject to hydrolysis) is 1. The monoisotopic (exact) mass is 380 g/mol. The number of hydrogen-bond donors (Lipinski definition) is 2. The summed E-state index contributed by atoms with van der Waals surface area (Å²) in [6.07, 6.45) is 0.318. The topological polar surface area (TPSA) is 88.1 Å². The number of carbonyl (C=O) groups excluding carboxylic acids is 1. The number of ether oxygens (including phenoxy) is 2. The van der Waals surface area contributed by atoms with Gasteiger partial charge in [-0.3, -0.25) is 0 Å². The predicted octanol–water partition coefficient (Wildman–Crippen LogP) is 3.06. The highest BCUT2D eigenvalue weighted by Crippen LogP contribution is 2.23. The summed E-state index contributed by atoms with van der Waals surface area (Å²) >= 11 is 0. The number of hydrogen-bond acceptors (Lipinski definition) is 5. The molecule has 1 aromatic carbocycles. The zero-order valence-corrected chi connectivity index (χ0v) is 17.2. The van der Waals surface area contributed by atoms with E-state index in [1.807, 2.05) is 44.1 Å². The van der Waals surface area contributed by atoms with Gasteiger partial charge in [0.15, 0.2) is 0 Å². The highest BCUT2D eigenvalue weighted by Gasteiger charge is 2.24. The number of aliphatic carboxylic acids is 1. The first-order chi connectivity index (χ1) is 12.5. The van der Waals surface area contributed by atoms with E-state index in [4.69, 9.17) is 9.47 Å². The Hall–Kier alpha value is -2.28. The Morgan fingerprint density at radius 1 is 1.26 bits per heavy atom. The number of nitrogens with one attached hydrogen (secondary N) is 1. The van der Waals surface area contributed by atoms with Crippen LogP contribution in [0.5, 0.6) is 5.75 Å². The van der Waals surface area contributed by atoms with Crippen molar-refractivity contribution in [2.24, 2.45) is 0 Å². The molecule has 0 bridgehead atoms. The molecule has 0 aliphatic heterocycles. The van der Waals surface area contributed by atoms with E-state index in [0.29, 0.717) is 13.2 Å². The summed E-state index contributed by atoms with van der Waals surface area (Å²) in [7, 11) is 3.92. The average Bonchev–Trinajstić information content (AvgIpc) is 2.51. The minimum Gasteiger partial charge on any atom is -0.493 e. The minimum absolute atomic E-state index is 0.156. The maximum absolute atomic E-state index is 11.9. The summed E-state index contributed by atoms with van der Waals surface area (Å²) < 4.78 is 10.9. The fourth-order valence-corrected chi connectivity index (χ4v) is 2.46. The van der Waals surface area contributed by atoms with Gasteiger partial charge in [0.2, 0.25) is 0 Å². The third kappa shape index (κ3) is 8.77. The summed E-state index contributed by atoms with van der Waals surface area (Å²) in [6.45, 7) is 8.52. The van der Waals surface area contributed by atoms with Crippen LogP contribution in [0.3, 0.4) is 0 Å². The van der Waals surface area contributed by atoms with Crippen molar-refractivity contribution in [2.45, 2.75) is 58.7 Å². The highest BCUT2D eigenvalue weighted by molar-refractivity contribution is 5.80. The van der Waals surface area contributed by atoms with Crippen LogP contribution >= 0.6 is 0 Å². The number of nitrogens with zero attached hydrogens (tertiary/aromatic N) is 1. The van der Waals surface area contributed by atoms with Crippen molar-refractivity contribution in [1.82, 2.24) is 10.2 Å². The molecule has 1 amide bonds. The van der Waals surface area contributed by atoms with Gasteiger partial charge in [-0.1, -0.05) is 19.1 Å². The smallest absolute Gasteiger partial charge is 0.408 e. The second kappa shape index (κ2) is 10.2. The first kappa shape index (κ1) is 22.8. The van der Waals surface area contributed by atoms with Gasteiger partial charge in [-0.2, -0.15) is 0 Å². The Balaban J connectivity index is 2.94. The van der Waals surface area contributed by atoms with Crippen molar-refractivity contribution in [3.8, 4) is 5.75 Å². The summed E-state index contributed by atoms with van der Waals surface area (Å²) in [5.74, 6) is -0.317. The molecule has 7 heteroatoms. The lowest BCUT2D eigenvalue weighted by atomic mass is 10.0. The first-order valence-corrected chi connectivity index (χ1v) is 9.13. The lowest BCUT2D eigenvalue weighted by Crippen LogP contribution is -2.44. The second-order valence-corrected chi connectivity index (χ2v) is 7.77. The van der Waals surface area contributed by atoms with E-state index in [9.17, 15) is 14.7 Å². The number of carboxylic acid groups (broad SMARTS) is 1. The van der Waals surface area contributed by atoms with Gasteiger partial charge in [-0.05, 0) is 52.9 Å². The molecule has 0 fully saturated rings. The molecule has 27 heavy (non-hydrogen) atoms. The van der Waals surface area contributed by atoms with Crippen LogP contribution < -0.4 is 10.1 Å². The van der Waals surface area contributed by atoms with Crippen LogP contribution in [0.4, 0.5) is 4.79 Å². The molecule has 7 nitrogen and oxygen atoms in total. The van der Waals surface area contributed by atoms with E-state index >= 15 is 0 Å². The zero-order valence-electron chi connectivity index (χ0n) is 17.2. The normalized spacial score (nSPS) is 12.6. The number of benzene rings is 1. The SMILES string of the molecule is CCCOc1ccc(CC(NC(=O)OC(C)(C)C)C(=O)O)cc1CN(C)C. The molecule has 0 heterocycles. The molecular formula is C20H32N2O5. The van der Waals surface area contributed by atoms with Crippen LogP contribution in [0.15, 0.2) is 18.2 Å². The lowest BCUT2D eigenvalue weighted by Gasteiger charge is -2.22. The molecule has 0 aliphatic rings. The summed E-state index contributed by atoms with van der Waals surface area (Å²) in [4.78, 5) is 25.5. The molecule has 0 radical (unpaired) electrons. The van der Waals surface area contributed by atoms with E-state index < -0.39 is 23.7 Å². The third-order valence-electron chi connectivity index (χ3n) is 3.50. The molecule has 0 spiro atoms. The first-order valence-electron chi connectivity index (χ1n) is 9.13. The average molecular weight is 380 g/mol. The van der Waals surface area contributed by atoms with Gasteiger partial charge in [0, 0.05) is 18.5 Å². The minimum atomic E-state index is -1.11. The van der Waals surface area contributed by atoms with Crippen molar-refractivity contribution in [1.29, 1.82) is 0 Å². The van der Waals surface area contributed by atoms with Crippen LogP contribution in [-0.4, -0.2) is 54.4 Å². The van der Waals surface area contributed by atoms with Gasteiger partial charge >= 0.3 is 12.1 Å². The Kier molecular flexibility index (Phi) is 8.56. The van der Waals surface area contributed by atoms with Crippen LogP contribution in [0.2, 0.25) is 0 Å². The van der Waals surface area contributed by atoms with E-state index in [2.05, 4.69) is 5.32 Å². The van der Waals surface area contributed by atoms with Crippen LogP contribution in [0, 0.1) is 0 Å².